The molecule has 0 aromatic heterocycles. The van der Waals surface area contributed by atoms with Gasteiger partial charge in [0, 0.05) is 19.4 Å². The molecule has 2 amide bonds. The third kappa shape index (κ3) is 12.1. The molecule has 8 nitrogen and oxygen atoms in total. The maximum Gasteiger partial charge on any atom is 0.326 e. The second-order valence-electron chi connectivity index (χ2n) is 4.68. The molecule has 9 heteroatoms. The Labute approximate surface area is 125 Å². The molecule has 1 atom stereocenters. The van der Waals surface area contributed by atoms with Gasteiger partial charge in [0.15, 0.2) is 0 Å². The van der Waals surface area contributed by atoms with Gasteiger partial charge in [0.1, 0.15) is 15.9 Å². The lowest BCUT2D eigenvalue weighted by atomic mass is 10.2. The smallest absolute Gasteiger partial charge is 0.326 e. The highest BCUT2D eigenvalue weighted by Crippen LogP contribution is 1.97. The van der Waals surface area contributed by atoms with E-state index in [1.807, 2.05) is 6.92 Å². The third-order valence-corrected chi connectivity index (χ3v) is 3.53. The molecule has 0 aliphatic rings. The zero-order valence-corrected chi connectivity index (χ0v) is 13.2. The lowest BCUT2D eigenvalue weighted by Crippen LogP contribution is -2.47. The summed E-state index contributed by atoms with van der Waals surface area (Å²) in [6.07, 6.45) is 2.81. The summed E-state index contributed by atoms with van der Waals surface area (Å²) in [5.41, 5.74) is 0. The van der Waals surface area contributed by atoms with E-state index >= 15 is 0 Å². The summed E-state index contributed by atoms with van der Waals surface area (Å²) in [6.45, 7) is 3.26. The molecule has 21 heavy (non-hydrogen) atoms. The summed E-state index contributed by atoms with van der Waals surface area (Å²) >= 11 is 0. The van der Waals surface area contributed by atoms with E-state index in [9.17, 15) is 18.0 Å². The monoisotopic (exact) mass is 324 g/mol. The van der Waals surface area contributed by atoms with Gasteiger partial charge in [0.05, 0.1) is 12.4 Å². The first-order chi connectivity index (χ1) is 9.76. The van der Waals surface area contributed by atoms with Crippen molar-refractivity contribution in [2.75, 3.05) is 31.8 Å². The van der Waals surface area contributed by atoms with Gasteiger partial charge >= 0.3 is 12.0 Å². The van der Waals surface area contributed by atoms with Crippen LogP contribution in [-0.4, -0.2) is 63.3 Å². The number of aliphatic carboxylic acids is 1. The quantitative estimate of drug-likeness (QED) is 0.460. The van der Waals surface area contributed by atoms with Gasteiger partial charge in [0.2, 0.25) is 0 Å². The summed E-state index contributed by atoms with van der Waals surface area (Å²) in [6, 6.07) is -1.89. The van der Waals surface area contributed by atoms with Crippen LogP contribution in [-0.2, 0) is 19.4 Å². The molecule has 0 fully saturated rings. The number of carbonyl (C=O) groups is 2. The fraction of sp³-hybridized carbons (Fsp3) is 0.833. The Hall–Kier alpha value is -1.35. The molecule has 0 radical (unpaired) electrons. The lowest BCUT2D eigenvalue weighted by Gasteiger charge is -2.14. The molecule has 0 bridgehead atoms. The lowest BCUT2D eigenvalue weighted by molar-refractivity contribution is -0.139. The molecule has 0 saturated carbocycles. The number of hydrogen-bond acceptors (Lipinski definition) is 5. The van der Waals surface area contributed by atoms with E-state index in [1.54, 1.807) is 0 Å². The molecule has 0 aliphatic carbocycles. The Morgan fingerprint density at radius 3 is 2.48 bits per heavy atom. The van der Waals surface area contributed by atoms with Crippen molar-refractivity contribution >= 4 is 21.8 Å². The van der Waals surface area contributed by atoms with E-state index in [0.717, 1.165) is 19.1 Å². The van der Waals surface area contributed by atoms with Crippen molar-refractivity contribution in [2.45, 2.75) is 32.2 Å². The van der Waals surface area contributed by atoms with Gasteiger partial charge in [-0.3, -0.25) is 0 Å². The molecule has 0 aromatic rings. The zero-order chi connectivity index (χ0) is 16.3. The summed E-state index contributed by atoms with van der Waals surface area (Å²) in [7, 11) is -3.27. The predicted octanol–water partition coefficient (Wildman–Crippen LogP) is -0.00980. The molecule has 1 unspecified atom stereocenters. The first-order valence-electron chi connectivity index (χ1n) is 6.79. The summed E-state index contributed by atoms with van der Waals surface area (Å²) < 4.78 is 27.2. The van der Waals surface area contributed by atoms with Crippen LogP contribution in [0.5, 0.6) is 0 Å². The van der Waals surface area contributed by atoms with Crippen LogP contribution in [0.25, 0.3) is 0 Å². The van der Waals surface area contributed by atoms with Crippen LogP contribution in [0, 0.1) is 0 Å². The van der Waals surface area contributed by atoms with E-state index in [0.29, 0.717) is 13.2 Å². The Balaban J connectivity index is 3.98. The highest BCUT2D eigenvalue weighted by atomic mass is 32.2. The maximum absolute atomic E-state index is 11.5. The molecule has 3 N–H and O–H groups in total. The summed E-state index contributed by atoms with van der Waals surface area (Å²) in [5.74, 6) is -1.57. The van der Waals surface area contributed by atoms with Crippen molar-refractivity contribution in [1.82, 2.24) is 10.6 Å². The Kier molecular flexibility index (Phi) is 9.72. The Bertz CT molecular complexity index is 423. The molecule has 0 aromatic carbocycles. The van der Waals surface area contributed by atoms with Crippen molar-refractivity contribution < 1.29 is 27.9 Å². The van der Waals surface area contributed by atoms with Gasteiger partial charge < -0.3 is 20.5 Å². The standard InChI is InChI=1S/C12H24N2O6S/c1-3-4-7-20-8-6-13-12(17)14-10(11(15)16)5-9-21(2,18)19/h10H,3-9H2,1-2H3,(H,15,16)(H2,13,14,17). The maximum atomic E-state index is 11.5. The second-order valence-corrected chi connectivity index (χ2v) is 6.94. The van der Waals surface area contributed by atoms with Crippen LogP contribution in [0.15, 0.2) is 0 Å². The average molecular weight is 324 g/mol. The predicted molar refractivity (Wildman–Crippen MR) is 78.0 cm³/mol. The van der Waals surface area contributed by atoms with Gasteiger partial charge in [0.25, 0.3) is 0 Å². The van der Waals surface area contributed by atoms with E-state index < -0.39 is 27.9 Å². The molecule has 0 aliphatic heterocycles. The minimum Gasteiger partial charge on any atom is -0.480 e. The van der Waals surface area contributed by atoms with Crippen molar-refractivity contribution in [1.29, 1.82) is 0 Å². The van der Waals surface area contributed by atoms with Crippen LogP contribution in [0.4, 0.5) is 4.79 Å². The van der Waals surface area contributed by atoms with Gasteiger partial charge in [-0.1, -0.05) is 13.3 Å². The molecule has 0 saturated heterocycles. The van der Waals surface area contributed by atoms with Gasteiger partial charge in [-0.05, 0) is 12.8 Å². The Morgan fingerprint density at radius 2 is 1.95 bits per heavy atom. The topological polar surface area (TPSA) is 122 Å². The minimum atomic E-state index is -3.27. The highest BCUT2D eigenvalue weighted by molar-refractivity contribution is 7.90. The third-order valence-electron chi connectivity index (χ3n) is 2.55. The molecule has 0 heterocycles. The molecular weight excluding hydrogens is 300 g/mol. The summed E-state index contributed by atoms with van der Waals surface area (Å²) in [5, 5.41) is 13.6. The number of carboxylic acids is 1. The number of sulfone groups is 1. The van der Waals surface area contributed by atoms with Crippen molar-refractivity contribution in [3.05, 3.63) is 0 Å². The Morgan fingerprint density at radius 1 is 1.29 bits per heavy atom. The van der Waals surface area contributed by atoms with Crippen LogP contribution >= 0.6 is 0 Å². The van der Waals surface area contributed by atoms with Crippen LogP contribution in [0.3, 0.4) is 0 Å². The SMILES string of the molecule is CCCCOCCNC(=O)NC(CCS(C)(=O)=O)C(=O)O. The number of amides is 2. The van der Waals surface area contributed by atoms with Gasteiger partial charge in [-0.15, -0.1) is 0 Å². The molecule has 124 valence electrons. The first-order valence-corrected chi connectivity index (χ1v) is 8.85. The van der Waals surface area contributed by atoms with Crippen molar-refractivity contribution in [2.24, 2.45) is 0 Å². The van der Waals surface area contributed by atoms with Crippen molar-refractivity contribution in [3.8, 4) is 0 Å². The number of unbranched alkanes of at least 4 members (excludes halogenated alkanes) is 1. The molecule has 0 rings (SSSR count). The largest absolute Gasteiger partial charge is 0.480 e. The average Bonchev–Trinajstić information content (AvgIpc) is 2.37. The number of nitrogens with one attached hydrogen (secondary N) is 2. The van der Waals surface area contributed by atoms with E-state index in [2.05, 4.69) is 10.6 Å². The minimum absolute atomic E-state index is 0.172. The van der Waals surface area contributed by atoms with E-state index in [1.165, 1.54) is 0 Å². The highest BCUT2D eigenvalue weighted by Gasteiger charge is 2.21. The van der Waals surface area contributed by atoms with Crippen molar-refractivity contribution in [3.63, 3.8) is 0 Å². The van der Waals surface area contributed by atoms with Gasteiger partial charge in [-0.25, -0.2) is 18.0 Å². The fourth-order valence-electron chi connectivity index (χ4n) is 1.38. The molecular formula is C12H24N2O6S. The fourth-order valence-corrected chi connectivity index (χ4v) is 2.05. The number of urea groups is 1. The zero-order valence-electron chi connectivity index (χ0n) is 12.4. The number of rotatable bonds is 11. The summed E-state index contributed by atoms with van der Waals surface area (Å²) in [4.78, 5) is 22.4. The number of hydrogen-bond donors (Lipinski definition) is 3. The number of carbonyl (C=O) groups excluding carboxylic acids is 1. The molecule has 0 spiro atoms. The van der Waals surface area contributed by atoms with Crippen LogP contribution in [0.2, 0.25) is 0 Å². The van der Waals surface area contributed by atoms with E-state index in [4.69, 9.17) is 9.84 Å². The first kappa shape index (κ1) is 19.7. The van der Waals surface area contributed by atoms with Crippen LogP contribution in [0.1, 0.15) is 26.2 Å². The van der Waals surface area contributed by atoms with E-state index in [-0.39, 0.29) is 18.7 Å². The van der Waals surface area contributed by atoms with Crippen LogP contribution < -0.4 is 10.6 Å². The normalized spacial score (nSPS) is 12.7. The number of ether oxygens (including phenoxy) is 1. The number of carboxylic acid groups (broad SMARTS) is 1. The van der Waals surface area contributed by atoms with Gasteiger partial charge in [-0.2, -0.15) is 0 Å². The second kappa shape index (κ2) is 10.4.